The molecule has 0 unspecified atom stereocenters. The molecule has 2 heterocycles. The van der Waals surface area contributed by atoms with E-state index >= 15 is 0 Å². The Labute approximate surface area is 215 Å². The Bertz CT molecular complexity index is 1590. The molecule has 196 valence electrons. The second-order valence-corrected chi connectivity index (χ2v) is 8.71. The lowest BCUT2D eigenvalue weighted by molar-refractivity contribution is -0.136. The highest BCUT2D eigenvalue weighted by Gasteiger charge is 2.35. The Morgan fingerprint density at radius 3 is 2.58 bits per heavy atom. The van der Waals surface area contributed by atoms with Crippen molar-refractivity contribution in [1.29, 1.82) is 0 Å². The van der Waals surface area contributed by atoms with Gasteiger partial charge in [-0.1, -0.05) is 18.2 Å². The molecule has 0 radical (unpaired) electrons. The Morgan fingerprint density at radius 1 is 1.03 bits per heavy atom. The minimum absolute atomic E-state index is 0.0409. The molecule has 0 spiro atoms. The number of nitrogens with zero attached hydrogens (tertiary/aromatic N) is 4. The second-order valence-electron chi connectivity index (χ2n) is 8.71. The molecule has 11 heteroatoms. The van der Waals surface area contributed by atoms with E-state index in [2.05, 4.69) is 20.5 Å². The molecule has 0 aliphatic heterocycles. The fourth-order valence-electron chi connectivity index (χ4n) is 4.23. The minimum Gasteiger partial charge on any atom is -0.435 e. The first-order chi connectivity index (χ1) is 18.2. The van der Waals surface area contributed by atoms with Crippen molar-refractivity contribution in [1.82, 2.24) is 25.1 Å². The molecular weight excluding hydrogens is 502 g/mol. The van der Waals surface area contributed by atoms with Crippen LogP contribution in [0.4, 0.5) is 17.6 Å². The number of hydrogen-bond acceptors (Lipinski definition) is 6. The smallest absolute Gasteiger partial charge is 0.420 e. The third-order valence-electron chi connectivity index (χ3n) is 6.02. The molecule has 2 aromatic heterocycles. The van der Waals surface area contributed by atoms with Crippen molar-refractivity contribution in [3.63, 3.8) is 0 Å². The predicted molar refractivity (Wildman–Crippen MR) is 133 cm³/mol. The van der Waals surface area contributed by atoms with E-state index in [0.29, 0.717) is 46.8 Å². The van der Waals surface area contributed by atoms with Crippen LogP contribution >= 0.6 is 0 Å². The van der Waals surface area contributed by atoms with Crippen molar-refractivity contribution in [3.05, 3.63) is 77.9 Å². The summed E-state index contributed by atoms with van der Waals surface area (Å²) in [4.78, 5) is 4.39. The summed E-state index contributed by atoms with van der Waals surface area (Å²) in [5.74, 6) is 0.0708. The maximum Gasteiger partial charge on any atom is 0.420 e. The average molecular weight is 526 g/mol. The molecule has 38 heavy (non-hydrogen) atoms. The van der Waals surface area contributed by atoms with Crippen LogP contribution in [0.2, 0.25) is 0 Å². The number of fused-ring (bicyclic) bond motifs is 1. The van der Waals surface area contributed by atoms with Crippen LogP contribution in [0.5, 0.6) is 0 Å². The van der Waals surface area contributed by atoms with Crippen LogP contribution in [-0.4, -0.2) is 40.0 Å². The Morgan fingerprint density at radius 2 is 1.84 bits per heavy atom. The van der Waals surface area contributed by atoms with E-state index in [1.165, 1.54) is 18.5 Å². The summed E-state index contributed by atoms with van der Waals surface area (Å²) in [7, 11) is 3.30. The van der Waals surface area contributed by atoms with Gasteiger partial charge in [0, 0.05) is 38.4 Å². The standard InChI is InChI=1S/C27H23F4N5O2/c1-36-15-33-35-25(36)21-13-19(28)6-7-20(21)17-4-3-5-18(12-17)26-34-23-11-16(14-32-8-9-37-2)10-22(24(23)38-26)27(29,30)31/h3-7,10-13,15,32H,8-9,14H2,1-2H3. The molecule has 0 aliphatic rings. The molecule has 3 aromatic carbocycles. The first-order valence-corrected chi connectivity index (χ1v) is 11.7. The number of nitrogens with one attached hydrogen (secondary N) is 1. The first kappa shape index (κ1) is 25.6. The molecule has 0 aliphatic carbocycles. The van der Waals surface area contributed by atoms with Crippen molar-refractivity contribution in [2.45, 2.75) is 12.7 Å². The number of halogens is 4. The van der Waals surface area contributed by atoms with Gasteiger partial charge in [-0.2, -0.15) is 13.2 Å². The lowest BCUT2D eigenvalue weighted by Gasteiger charge is -2.10. The largest absolute Gasteiger partial charge is 0.435 e. The monoisotopic (exact) mass is 525 g/mol. The zero-order valence-electron chi connectivity index (χ0n) is 20.5. The molecule has 0 fully saturated rings. The quantitative estimate of drug-likeness (QED) is 0.202. The third-order valence-corrected chi connectivity index (χ3v) is 6.02. The number of rotatable bonds is 8. The van der Waals surface area contributed by atoms with Crippen molar-refractivity contribution < 1.29 is 26.7 Å². The summed E-state index contributed by atoms with van der Waals surface area (Å²) in [6, 6.07) is 13.9. The Balaban J connectivity index is 1.57. The van der Waals surface area contributed by atoms with Gasteiger partial charge in [-0.25, -0.2) is 9.37 Å². The first-order valence-electron chi connectivity index (χ1n) is 11.7. The fraction of sp³-hybridized carbons (Fsp3) is 0.222. The summed E-state index contributed by atoms with van der Waals surface area (Å²) >= 11 is 0. The molecule has 0 saturated heterocycles. The maximum absolute atomic E-state index is 14.1. The molecule has 0 saturated carbocycles. The maximum atomic E-state index is 14.1. The van der Waals surface area contributed by atoms with E-state index in [4.69, 9.17) is 9.15 Å². The van der Waals surface area contributed by atoms with Gasteiger partial charge in [0.25, 0.3) is 0 Å². The highest BCUT2D eigenvalue weighted by molar-refractivity contribution is 5.84. The number of aromatic nitrogens is 4. The Hall–Kier alpha value is -4.09. The number of benzene rings is 3. The summed E-state index contributed by atoms with van der Waals surface area (Å²) < 4.78 is 68.2. The topological polar surface area (TPSA) is 78.0 Å². The van der Waals surface area contributed by atoms with E-state index in [1.54, 1.807) is 49.1 Å². The highest BCUT2D eigenvalue weighted by atomic mass is 19.4. The average Bonchev–Trinajstić information content (AvgIpc) is 3.51. The molecule has 0 bridgehead atoms. The summed E-state index contributed by atoms with van der Waals surface area (Å²) in [5.41, 5.74) is 1.64. The summed E-state index contributed by atoms with van der Waals surface area (Å²) in [6.07, 6.45) is -3.11. The van der Waals surface area contributed by atoms with Crippen LogP contribution in [0.15, 0.2) is 65.3 Å². The van der Waals surface area contributed by atoms with Crippen LogP contribution in [0, 0.1) is 5.82 Å². The number of ether oxygens (including phenoxy) is 1. The van der Waals surface area contributed by atoms with E-state index < -0.39 is 17.6 Å². The normalized spacial score (nSPS) is 11.9. The fourth-order valence-corrected chi connectivity index (χ4v) is 4.23. The van der Waals surface area contributed by atoms with Crippen molar-refractivity contribution in [3.8, 4) is 34.0 Å². The zero-order chi connectivity index (χ0) is 26.9. The van der Waals surface area contributed by atoms with Gasteiger partial charge < -0.3 is 19.0 Å². The van der Waals surface area contributed by atoms with E-state index in [9.17, 15) is 17.6 Å². The number of aryl methyl sites for hydroxylation is 1. The van der Waals surface area contributed by atoms with Crippen LogP contribution in [0.1, 0.15) is 11.1 Å². The van der Waals surface area contributed by atoms with Gasteiger partial charge in [0.2, 0.25) is 5.89 Å². The number of oxazole rings is 1. The van der Waals surface area contributed by atoms with Gasteiger partial charge in [0.05, 0.1) is 6.61 Å². The number of methoxy groups -OCH3 is 1. The molecule has 0 amide bonds. The molecule has 5 aromatic rings. The van der Waals surface area contributed by atoms with Gasteiger partial charge in [0.1, 0.15) is 23.2 Å². The Kier molecular flexibility index (Phi) is 6.96. The zero-order valence-corrected chi connectivity index (χ0v) is 20.5. The SMILES string of the molecule is COCCNCc1cc(C(F)(F)F)c2oc(-c3cccc(-c4ccc(F)cc4-c4nncn4C)c3)nc2c1. The molecular formula is C27H23F4N5O2. The molecule has 5 rings (SSSR count). The molecule has 0 atom stereocenters. The van der Waals surface area contributed by atoms with Crippen LogP contribution in [0.25, 0.3) is 45.1 Å². The van der Waals surface area contributed by atoms with Crippen LogP contribution < -0.4 is 5.32 Å². The third kappa shape index (κ3) is 5.15. The summed E-state index contributed by atoms with van der Waals surface area (Å²) in [5, 5.41) is 11.0. The van der Waals surface area contributed by atoms with Gasteiger partial charge in [-0.3, -0.25) is 0 Å². The number of alkyl halides is 3. The number of hydrogen-bond donors (Lipinski definition) is 1. The molecule has 1 N–H and O–H groups in total. The van der Waals surface area contributed by atoms with Gasteiger partial charge in [-0.15, -0.1) is 10.2 Å². The molecule has 7 nitrogen and oxygen atoms in total. The van der Waals surface area contributed by atoms with E-state index in [-0.39, 0.29) is 23.5 Å². The predicted octanol–water partition coefficient (Wildman–Crippen LogP) is 5.85. The summed E-state index contributed by atoms with van der Waals surface area (Å²) in [6.45, 7) is 1.15. The lowest BCUT2D eigenvalue weighted by Crippen LogP contribution is -2.19. The van der Waals surface area contributed by atoms with Crippen molar-refractivity contribution >= 4 is 11.1 Å². The van der Waals surface area contributed by atoms with Gasteiger partial charge in [0.15, 0.2) is 11.4 Å². The second kappa shape index (κ2) is 10.3. The van der Waals surface area contributed by atoms with Gasteiger partial charge in [-0.05, 0) is 53.1 Å². The van der Waals surface area contributed by atoms with Crippen LogP contribution in [0.3, 0.4) is 0 Å². The van der Waals surface area contributed by atoms with Crippen molar-refractivity contribution in [2.75, 3.05) is 20.3 Å². The lowest BCUT2D eigenvalue weighted by atomic mass is 9.97. The minimum atomic E-state index is -4.63. The van der Waals surface area contributed by atoms with E-state index in [1.807, 2.05) is 6.07 Å². The van der Waals surface area contributed by atoms with E-state index in [0.717, 1.165) is 6.07 Å². The van der Waals surface area contributed by atoms with Crippen molar-refractivity contribution in [2.24, 2.45) is 7.05 Å². The highest BCUT2D eigenvalue weighted by Crippen LogP contribution is 2.39. The van der Waals surface area contributed by atoms with Crippen LogP contribution in [-0.2, 0) is 24.5 Å². The van der Waals surface area contributed by atoms with Gasteiger partial charge >= 0.3 is 6.18 Å².